The molecule has 0 radical (unpaired) electrons. The highest BCUT2D eigenvalue weighted by Crippen LogP contribution is 2.40. The molecule has 1 aromatic carbocycles. The minimum Gasteiger partial charge on any atom is -0.484 e. The van der Waals surface area contributed by atoms with Crippen LogP contribution in [0.25, 0.3) is 16.2 Å². The van der Waals surface area contributed by atoms with Crippen molar-refractivity contribution in [3.8, 4) is 16.3 Å². The van der Waals surface area contributed by atoms with Gasteiger partial charge in [0.25, 0.3) is 0 Å². The quantitative estimate of drug-likeness (QED) is 0.285. The lowest BCUT2D eigenvalue weighted by atomic mass is 10.1. The number of ether oxygens (including phenoxy) is 2. The molecule has 0 spiro atoms. The van der Waals surface area contributed by atoms with Crippen LogP contribution in [0, 0.1) is 6.92 Å². The second-order valence-electron chi connectivity index (χ2n) is 9.08. The van der Waals surface area contributed by atoms with Crippen LogP contribution >= 0.6 is 22.9 Å². The molecule has 0 bridgehead atoms. The minimum absolute atomic E-state index is 0.188. The molecule has 1 unspecified atom stereocenters. The summed E-state index contributed by atoms with van der Waals surface area (Å²) in [7, 11) is 0. The summed E-state index contributed by atoms with van der Waals surface area (Å²) in [6.45, 7) is 9.00. The van der Waals surface area contributed by atoms with E-state index >= 15 is 0 Å². The molecule has 0 aliphatic carbocycles. The zero-order valence-electron chi connectivity index (χ0n) is 20.0. The van der Waals surface area contributed by atoms with Gasteiger partial charge in [0.2, 0.25) is 0 Å². The summed E-state index contributed by atoms with van der Waals surface area (Å²) in [6, 6.07) is 10.7. The molecular formula is C26H25ClN2O5S. The van der Waals surface area contributed by atoms with Gasteiger partial charge in [-0.1, -0.05) is 29.8 Å². The van der Waals surface area contributed by atoms with Crippen molar-refractivity contribution in [2.75, 3.05) is 0 Å². The fourth-order valence-electron chi connectivity index (χ4n) is 3.71. The molecule has 0 aliphatic heterocycles. The Morgan fingerprint density at radius 3 is 2.57 bits per heavy atom. The summed E-state index contributed by atoms with van der Waals surface area (Å²) in [5, 5.41) is 10.00. The van der Waals surface area contributed by atoms with Crippen molar-refractivity contribution in [3.05, 3.63) is 75.4 Å². The second kappa shape index (κ2) is 9.36. The van der Waals surface area contributed by atoms with Crippen LogP contribution in [0.1, 0.15) is 65.0 Å². The molecule has 0 saturated carbocycles. The van der Waals surface area contributed by atoms with E-state index in [1.54, 1.807) is 56.6 Å². The first-order chi connectivity index (χ1) is 16.5. The molecular weight excluding hydrogens is 488 g/mol. The summed E-state index contributed by atoms with van der Waals surface area (Å²) >= 11 is 7.58. The van der Waals surface area contributed by atoms with E-state index in [1.165, 1.54) is 17.4 Å². The van der Waals surface area contributed by atoms with Crippen molar-refractivity contribution < 1.29 is 24.2 Å². The molecule has 1 N–H and O–H groups in total. The van der Waals surface area contributed by atoms with E-state index in [9.17, 15) is 14.7 Å². The van der Waals surface area contributed by atoms with Crippen LogP contribution in [0.4, 0.5) is 0 Å². The van der Waals surface area contributed by atoms with Crippen LogP contribution in [-0.4, -0.2) is 32.0 Å². The first-order valence-electron chi connectivity index (χ1n) is 10.9. The van der Waals surface area contributed by atoms with Gasteiger partial charge < -0.3 is 14.6 Å². The Hall–Kier alpha value is -3.36. The lowest BCUT2D eigenvalue weighted by Crippen LogP contribution is -2.23. The number of aryl methyl sites for hydroxylation is 1. The third-order valence-electron chi connectivity index (χ3n) is 5.34. The largest absolute Gasteiger partial charge is 0.484 e. The number of aromatic nitrogens is 2. The normalized spacial score (nSPS) is 12.5. The Labute approximate surface area is 211 Å². The Kier molecular flexibility index (Phi) is 6.62. The van der Waals surface area contributed by atoms with E-state index < -0.39 is 23.6 Å². The number of carbonyl (C=O) groups is 2. The SMILES string of the molecule is Cc1c(C(=O)O)ccn2c(-c3cc(OC(C)c4ccccc4Cl)c(C(=O)OC(C)(C)C)s3)cnc12. The maximum atomic E-state index is 13.1. The number of carboxylic acids is 1. The molecule has 35 heavy (non-hydrogen) atoms. The van der Waals surface area contributed by atoms with E-state index in [2.05, 4.69) is 4.98 Å². The van der Waals surface area contributed by atoms with Crippen molar-refractivity contribution in [2.45, 2.75) is 46.3 Å². The Morgan fingerprint density at radius 2 is 1.91 bits per heavy atom. The van der Waals surface area contributed by atoms with E-state index in [-0.39, 0.29) is 5.56 Å². The van der Waals surface area contributed by atoms with Crippen molar-refractivity contribution in [1.29, 1.82) is 0 Å². The highest BCUT2D eigenvalue weighted by atomic mass is 35.5. The number of esters is 1. The first-order valence-corrected chi connectivity index (χ1v) is 12.1. The standard InChI is InChI=1S/C26H25ClN2O5S/c1-14-16(24(30)31)10-11-29-19(13-28-23(14)29)21-12-20(22(35-21)25(32)34-26(3,4)5)33-15(2)17-8-6-7-9-18(17)27/h6-13,15H,1-5H3,(H,30,31). The van der Waals surface area contributed by atoms with Crippen molar-refractivity contribution in [3.63, 3.8) is 0 Å². The molecule has 0 saturated heterocycles. The minimum atomic E-state index is -1.01. The lowest BCUT2D eigenvalue weighted by Gasteiger charge is -2.20. The number of halogens is 1. The second-order valence-corrected chi connectivity index (χ2v) is 10.5. The number of hydrogen-bond acceptors (Lipinski definition) is 6. The third kappa shape index (κ3) is 5.04. The smallest absolute Gasteiger partial charge is 0.352 e. The Balaban J connectivity index is 1.79. The van der Waals surface area contributed by atoms with E-state index in [0.29, 0.717) is 32.6 Å². The summed E-state index contributed by atoms with van der Waals surface area (Å²) in [5.41, 5.74) is 2.09. The summed E-state index contributed by atoms with van der Waals surface area (Å²) < 4.78 is 13.7. The molecule has 4 aromatic rings. The van der Waals surface area contributed by atoms with Gasteiger partial charge in [-0.05, 0) is 46.8 Å². The predicted octanol–water partition coefficient (Wildman–Crippen LogP) is 6.82. The van der Waals surface area contributed by atoms with Gasteiger partial charge in [-0.2, -0.15) is 0 Å². The van der Waals surface area contributed by atoms with E-state index in [4.69, 9.17) is 21.1 Å². The molecule has 0 amide bonds. The molecule has 0 fully saturated rings. The van der Waals surface area contributed by atoms with Crippen LogP contribution in [0.15, 0.2) is 48.8 Å². The summed E-state index contributed by atoms with van der Waals surface area (Å²) in [6.07, 6.45) is 2.89. The number of benzene rings is 1. The fraction of sp³-hybridized carbons (Fsp3) is 0.269. The molecule has 7 nitrogen and oxygen atoms in total. The first kappa shape index (κ1) is 24.8. The van der Waals surface area contributed by atoms with Crippen LogP contribution in [0.2, 0.25) is 5.02 Å². The van der Waals surface area contributed by atoms with Gasteiger partial charge in [-0.15, -0.1) is 11.3 Å². The van der Waals surface area contributed by atoms with Gasteiger partial charge in [0.05, 0.1) is 22.3 Å². The molecule has 9 heteroatoms. The number of carbonyl (C=O) groups excluding carboxylic acids is 1. The maximum absolute atomic E-state index is 13.1. The molecule has 182 valence electrons. The number of nitrogens with zero attached hydrogens (tertiary/aromatic N) is 2. The summed E-state index contributed by atoms with van der Waals surface area (Å²) in [4.78, 5) is 30.1. The zero-order chi connectivity index (χ0) is 25.5. The average molecular weight is 513 g/mol. The van der Waals surface area contributed by atoms with Gasteiger partial charge >= 0.3 is 11.9 Å². The monoisotopic (exact) mass is 512 g/mol. The van der Waals surface area contributed by atoms with Gasteiger partial charge in [-0.3, -0.25) is 4.40 Å². The van der Waals surface area contributed by atoms with E-state index in [1.807, 2.05) is 25.1 Å². The Bertz CT molecular complexity index is 1430. The van der Waals surface area contributed by atoms with Crippen molar-refractivity contribution in [2.24, 2.45) is 0 Å². The van der Waals surface area contributed by atoms with Crippen LogP contribution < -0.4 is 4.74 Å². The lowest BCUT2D eigenvalue weighted by molar-refractivity contribution is 0.00704. The zero-order valence-corrected chi connectivity index (χ0v) is 21.5. The Morgan fingerprint density at radius 1 is 1.20 bits per heavy atom. The van der Waals surface area contributed by atoms with Crippen molar-refractivity contribution >= 4 is 40.5 Å². The molecule has 4 rings (SSSR count). The number of hydrogen-bond donors (Lipinski definition) is 1. The van der Waals surface area contributed by atoms with Crippen LogP contribution in [0.3, 0.4) is 0 Å². The number of fused-ring (bicyclic) bond motifs is 1. The number of carboxylic acid groups (broad SMARTS) is 1. The van der Waals surface area contributed by atoms with Gasteiger partial charge in [0, 0.05) is 28.4 Å². The number of thiophene rings is 1. The molecule has 3 aromatic heterocycles. The molecule has 0 aliphatic rings. The van der Waals surface area contributed by atoms with E-state index in [0.717, 1.165) is 10.4 Å². The fourth-order valence-corrected chi connectivity index (χ4v) is 4.97. The van der Waals surface area contributed by atoms with Gasteiger partial charge in [0.15, 0.2) is 4.88 Å². The van der Waals surface area contributed by atoms with Gasteiger partial charge in [0.1, 0.15) is 23.1 Å². The topological polar surface area (TPSA) is 90.1 Å². The number of aromatic carboxylic acids is 1. The van der Waals surface area contributed by atoms with Crippen molar-refractivity contribution in [1.82, 2.24) is 9.38 Å². The average Bonchev–Trinajstić information content (AvgIpc) is 3.37. The highest BCUT2D eigenvalue weighted by Gasteiger charge is 2.27. The maximum Gasteiger partial charge on any atom is 0.352 e. The number of rotatable bonds is 6. The van der Waals surface area contributed by atoms with Crippen LogP contribution in [0.5, 0.6) is 5.75 Å². The molecule has 3 heterocycles. The van der Waals surface area contributed by atoms with Crippen LogP contribution in [-0.2, 0) is 4.74 Å². The number of imidazole rings is 1. The van der Waals surface area contributed by atoms with Gasteiger partial charge in [-0.25, -0.2) is 14.6 Å². The predicted molar refractivity (Wildman–Crippen MR) is 136 cm³/mol. The summed E-state index contributed by atoms with van der Waals surface area (Å²) in [5.74, 6) is -1.13. The molecule has 1 atom stereocenters. The highest BCUT2D eigenvalue weighted by molar-refractivity contribution is 7.17. The number of pyridine rings is 1. The third-order valence-corrected chi connectivity index (χ3v) is 6.80.